The first-order valence-corrected chi connectivity index (χ1v) is 10.2. The molecule has 2 aromatic heterocycles. The number of fused-ring (bicyclic) bond motifs is 1. The van der Waals surface area contributed by atoms with E-state index in [-0.39, 0.29) is 23.2 Å². The summed E-state index contributed by atoms with van der Waals surface area (Å²) >= 11 is 0. The molecular formula is C22H27N5O4. The van der Waals surface area contributed by atoms with Crippen molar-refractivity contribution in [3.63, 3.8) is 0 Å². The van der Waals surface area contributed by atoms with Crippen molar-refractivity contribution in [3.05, 3.63) is 40.5 Å². The normalized spacial score (nSPS) is 16.5. The zero-order valence-electron chi connectivity index (χ0n) is 17.9. The number of anilines is 1. The molecule has 6 N–H and O–H groups in total. The lowest BCUT2D eigenvalue weighted by molar-refractivity contribution is -0.000823. The highest BCUT2D eigenvalue weighted by Gasteiger charge is 2.25. The maximum atomic E-state index is 12.2. The van der Waals surface area contributed by atoms with Gasteiger partial charge in [0, 0.05) is 29.6 Å². The van der Waals surface area contributed by atoms with Gasteiger partial charge in [-0.15, -0.1) is 0 Å². The number of morpholine rings is 1. The number of hydrogen-bond acceptors (Lipinski definition) is 7. The molecule has 31 heavy (non-hydrogen) atoms. The maximum absolute atomic E-state index is 12.2. The van der Waals surface area contributed by atoms with E-state index in [0.29, 0.717) is 47.9 Å². The molecule has 4 rings (SSSR count). The number of nitrogens with one attached hydrogen (secondary N) is 1. The molecule has 0 radical (unpaired) electrons. The number of primary amides is 1. The summed E-state index contributed by atoms with van der Waals surface area (Å²) in [6.45, 7) is 8.04. The van der Waals surface area contributed by atoms with E-state index in [2.05, 4.69) is 5.32 Å². The molecule has 0 unspecified atom stereocenters. The van der Waals surface area contributed by atoms with E-state index in [0.717, 1.165) is 17.7 Å². The molecule has 0 saturated carbocycles. The lowest BCUT2D eigenvalue weighted by atomic mass is 10.1. The van der Waals surface area contributed by atoms with Crippen LogP contribution in [0.5, 0.6) is 11.6 Å². The number of hydrogen-bond donors (Lipinski definition) is 4. The topological polar surface area (TPSA) is 138 Å². The molecule has 164 valence electrons. The molecule has 1 fully saturated rings. The van der Waals surface area contributed by atoms with E-state index in [9.17, 15) is 9.90 Å². The number of pyridine rings is 1. The first-order valence-electron chi connectivity index (χ1n) is 10.2. The number of nitrogens with zero attached hydrogens (tertiary/aromatic N) is 2. The number of aromatic nitrogens is 2. The van der Waals surface area contributed by atoms with Crippen molar-refractivity contribution in [3.8, 4) is 17.3 Å². The highest BCUT2D eigenvalue weighted by atomic mass is 16.5. The van der Waals surface area contributed by atoms with Crippen molar-refractivity contribution in [2.75, 3.05) is 32.0 Å². The van der Waals surface area contributed by atoms with E-state index in [1.54, 1.807) is 29.7 Å². The van der Waals surface area contributed by atoms with Gasteiger partial charge in [-0.05, 0) is 38.5 Å². The predicted molar refractivity (Wildman–Crippen MR) is 118 cm³/mol. The number of nitrogen functional groups attached to an aromatic ring is 1. The summed E-state index contributed by atoms with van der Waals surface area (Å²) < 4.78 is 13.3. The minimum atomic E-state index is -0.645. The van der Waals surface area contributed by atoms with Crippen molar-refractivity contribution < 1.29 is 19.4 Å². The maximum Gasteiger partial charge on any atom is 0.253 e. The third-order valence-electron chi connectivity index (χ3n) is 5.61. The van der Waals surface area contributed by atoms with Crippen molar-refractivity contribution in [2.24, 2.45) is 5.73 Å². The van der Waals surface area contributed by atoms with Crippen LogP contribution in [-0.2, 0) is 4.74 Å². The van der Waals surface area contributed by atoms with Crippen LogP contribution in [0, 0.1) is 20.8 Å². The standard InChI is InChI=1S/C22H27N5O4/c1-11-4-5-16(28)13(3)18(11)27-19(23)17(20(24)29)15-8-12(2)22(26-21(15)27)31-10-14-9-25-6-7-30-14/h4-5,8,14,25,28H,6-7,9-10,23H2,1-3H3,(H2,24,29)/t14-/m1/s1. The largest absolute Gasteiger partial charge is 0.508 e. The molecule has 3 heterocycles. The molecule has 1 aromatic carbocycles. The first-order chi connectivity index (χ1) is 14.8. The number of benzene rings is 1. The summed E-state index contributed by atoms with van der Waals surface area (Å²) in [5.41, 5.74) is 15.6. The number of phenolic OH excluding ortho intramolecular Hbond substituents is 1. The fourth-order valence-corrected chi connectivity index (χ4v) is 4.00. The minimum Gasteiger partial charge on any atom is -0.508 e. The van der Waals surface area contributed by atoms with Crippen LogP contribution in [-0.4, -0.2) is 53.0 Å². The SMILES string of the molecule is Cc1cc2c(C(N)=O)c(N)n(-c3c(C)ccc(O)c3C)c2nc1OC[C@H]1CNCCO1. The molecule has 1 saturated heterocycles. The van der Waals surface area contributed by atoms with Crippen LogP contribution in [0.25, 0.3) is 16.7 Å². The number of aromatic hydroxyl groups is 1. The van der Waals surface area contributed by atoms with Crippen LogP contribution in [0.3, 0.4) is 0 Å². The minimum absolute atomic E-state index is 0.0701. The van der Waals surface area contributed by atoms with Gasteiger partial charge in [-0.1, -0.05) is 6.07 Å². The Morgan fingerprint density at radius 1 is 1.35 bits per heavy atom. The van der Waals surface area contributed by atoms with Gasteiger partial charge in [-0.2, -0.15) is 4.98 Å². The van der Waals surface area contributed by atoms with Gasteiger partial charge in [0.1, 0.15) is 24.3 Å². The number of carbonyl (C=O) groups excluding carboxylic acids is 1. The Hall–Kier alpha value is -3.30. The Kier molecular flexibility index (Phi) is 5.47. The van der Waals surface area contributed by atoms with Crippen molar-refractivity contribution in [2.45, 2.75) is 26.9 Å². The van der Waals surface area contributed by atoms with E-state index in [1.165, 1.54) is 0 Å². The number of rotatable bonds is 5. The monoisotopic (exact) mass is 425 g/mol. The Balaban J connectivity index is 1.88. The Morgan fingerprint density at radius 3 is 2.81 bits per heavy atom. The number of carbonyl (C=O) groups is 1. The summed E-state index contributed by atoms with van der Waals surface area (Å²) in [7, 11) is 0. The summed E-state index contributed by atoms with van der Waals surface area (Å²) in [6.07, 6.45) is -0.0701. The molecule has 9 heteroatoms. The Morgan fingerprint density at radius 2 is 2.13 bits per heavy atom. The summed E-state index contributed by atoms with van der Waals surface area (Å²) in [4.78, 5) is 16.9. The van der Waals surface area contributed by atoms with E-state index < -0.39 is 5.91 Å². The smallest absolute Gasteiger partial charge is 0.253 e. The average molecular weight is 425 g/mol. The number of ether oxygens (including phenoxy) is 2. The van der Waals surface area contributed by atoms with E-state index in [1.807, 2.05) is 13.8 Å². The van der Waals surface area contributed by atoms with Gasteiger partial charge >= 0.3 is 0 Å². The molecule has 1 aliphatic heterocycles. The average Bonchev–Trinajstić information content (AvgIpc) is 3.01. The van der Waals surface area contributed by atoms with Crippen LogP contribution < -0.4 is 21.5 Å². The molecular weight excluding hydrogens is 398 g/mol. The van der Waals surface area contributed by atoms with Crippen LogP contribution in [0.1, 0.15) is 27.0 Å². The van der Waals surface area contributed by atoms with Gasteiger partial charge in [-0.25, -0.2) is 0 Å². The van der Waals surface area contributed by atoms with Crippen LogP contribution in [0.4, 0.5) is 5.82 Å². The van der Waals surface area contributed by atoms with Gasteiger partial charge in [0.05, 0.1) is 17.9 Å². The van der Waals surface area contributed by atoms with Crippen LogP contribution >= 0.6 is 0 Å². The fraction of sp³-hybridized carbons (Fsp3) is 0.364. The van der Waals surface area contributed by atoms with Gasteiger partial charge in [0.25, 0.3) is 5.91 Å². The number of amides is 1. The third kappa shape index (κ3) is 3.66. The quantitative estimate of drug-likeness (QED) is 0.488. The van der Waals surface area contributed by atoms with Gasteiger partial charge in [0.15, 0.2) is 5.65 Å². The second kappa shape index (κ2) is 8.09. The van der Waals surface area contributed by atoms with Crippen molar-refractivity contribution in [1.29, 1.82) is 0 Å². The molecule has 0 spiro atoms. The van der Waals surface area contributed by atoms with Gasteiger partial charge < -0.3 is 31.4 Å². The zero-order chi connectivity index (χ0) is 22.3. The fourth-order valence-electron chi connectivity index (χ4n) is 4.00. The molecule has 0 bridgehead atoms. The molecule has 0 aliphatic carbocycles. The zero-order valence-corrected chi connectivity index (χ0v) is 17.9. The van der Waals surface area contributed by atoms with Crippen molar-refractivity contribution in [1.82, 2.24) is 14.9 Å². The third-order valence-corrected chi connectivity index (χ3v) is 5.61. The summed E-state index contributed by atoms with van der Waals surface area (Å²) in [5.74, 6) is 0.0660. The van der Waals surface area contributed by atoms with E-state index in [4.69, 9.17) is 25.9 Å². The highest BCUT2D eigenvalue weighted by Crippen LogP contribution is 2.37. The van der Waals surface area contributed by atoms with Crippen molar-refractivity contribution >= 4 is 22.8 Å². The molecule has 1 atom stereocenters. The number of aryl methyl sites for hydroxylation is 2. The van der Waals surface area contributed by atoms with Crippen LogP contribution in [0.15, 0.2) is 18.2 Å². The molecule has 1 aliphatic rings. The predicted octanol–water partition coefficient (Wildman–Crippen LogP) is 1.70. The first kappa shape index (κ1) is 21.0. The lowest BCUT2D eigenvalue weighted by Gasteiger charge is -2.23. The van der Waals surface area contributed by atoms with E-state index >= 15 is 0 Å². The summed E-state index contributed by atoms with van der Waals surface area (Å²) in [6, 6.07) is 5.21. The van der Waals surface area contributed by atoms with Gasteiger partial charge in [-0.3, -0.25) is 9.36 Å². The molecule has 9 nitrogen and oxygen atoms in total. The second-order valence-electron chi connectivity index (χ2n) is 7.82. The second-order valence-corrected chi connectivity index (χ2v) is 7.82. The summed E-state index contributed by atoms with van der Waals surface area (Å²) in [5, 5.41) is 14.1. The lowest BCUT2D eigenvalue weighted by Crippen LogP contribution is -2.41. The number of phenols is 1. The Bertz CT molecular complexity index is 1160. The Labute approximate surface area is 180 Å². The molecule has 1 amide bonds. The number of nitrogens with two attached hydrogens (primary N) is 2. The molecule has 3 aromatic rings. The highest BCUT2D eigenvalue weighted by molar-refractivity contribution is 6.11. The van der Waals surface area contributed by atoms with Crippen LogP contribution in [0.2, 0.25) is 0 Å². The van der Waals surface area contributed by atoms with Gasteiger partial charge in [0.2, 0.25) is 5.88 Å².